The van der Waals surface area contributed by atoms with E-state index >= 15 is 0 Å². The summed E-state index contributed by atoms with van der Waals surface area (Å²) < 4.78 is 26.5. The summed E-state index contributed by atoms with van der Waals surface area (Å²) in [5, 5.41) is 0. The van der Waals surface area contributed by atoms with Gasteiger partial charge in [0, 0.05) is 5.92 Å². The molecule has 0 fully saturated rings. The molecule has 0 aliphatic carbocycles. The molecule has 1 aromatic carbocycles. The maximum atomic E-state index is 13.5. The van der Waals surface area contributed by atoms with Crippen molar-refractivity contribution in [1.29, 1.82) is 0 Å². The van der Waals surface area contributed by atoms with Gasteiger partial charge in [0.25, 0.3) is 0 Å². The number of hydrogen-bond acceptors (Lipinski definition) is 1. The predicted octanol–water partition coefficient (Wildman–Crippen LogP) is 4.36. The van der Waals surface area contributed by atoms with E-state index in [-0.39, 0.29) is 17.3 Å². The molecule has 94 valence electrons. The highest BCUT2D eigenvalue weighted by Crippen LogP contribution is 2.22. The molecule has 0 spiro atoms. The minimum absolute atomic E-state index is 0.114. The van der Waals surface area contributed by atoms with Crippen molar-refractivity contribution in [2.24, 2.45) is 5.92 Å². The predicted molar refractivity (Wildman–Crippen MR) is 64.0 cm³/mol. The lowest BCUT2D eigenvalue weighted by molar-refractivity contribution is 0.0899. The van der Waals surface area contributed by atoms with Crippen molar-refractivity contribution in [2.45, 2.75) is 39.5 Å². The first kappa shape index (κ1) is 13.8. The first-order valence-corrected chi connectivity index (χ1v) is 6.10. The number of carbonyl (C=O) groups excluding carboxylic acids is 1. The third-order valence-electron chi connectivity index (χ3n) is 2.86. The summed E-state index contributed by atoms with van der Waals surface area (Å²) in [5.41, 5.74) is -0.114. The highest BCUT2D eigenvalue weighted by molar-refractivity contribution is 5.98. The molecule has 0 aromatic heterocycles. The highest BCUT2D eigenvalue weighted by atomic mass is 19.2. The summed E-state index contributed by atoms with van der Waals surface area (Å²) >= 11 is 0. The largest absolute Gasteiger partial charge is 0.294 e. The van der Waals surface area contributed by atoms with Crippen LogP contribution in [0.2, 0.25) is 0 Å². The van der Waals surface area contributed by atoms with Crippen molar-refractivity contribution >= 4 is 5.78 Å². The molecule has 0 atom stereocenters. The number of rotatable bonds is 6. The molecule has 1 rings (SSSR count). The van der Waals surface area contributed by atoms with Gasteiger partial charge in [-0.15, -0.1) is 0 Å². The van der Waals surface area contributed by atoms with Crippen LogP contribution in [0.5, 0.6) is 0 Å². The molecule has 0 aliphatic heterocycles. The minimum atomic E-state index is -1.02. The Bertz CT molecular complexity index is 382. The Kier molecular flexibility index (Phi) is 5.26. The molecule has 0 heterocycles. The number of hydrogen-bond donors (Lipinski definition) is 0. The zero-order valence-electron chi connectivity index (χ0n) is 10.3. The molecule has 0 bridgehead atoms. The lowest BCUT2D eigenvalue weighted by Gasteiger charge is -2.14. The van der Waals surface area contributed by atoms with Crippen LogP contribution < -0.4 is 0 Å². The first-order chi connectivity index (χ1) is 8.11. The number of Topliss-reactive ketones (excluding diaryl/α,β-unsaturated/α-hetero) is 1. The summed E-state index contributed by atoms with van der Waals surface area (Å²) in [6, 6.07) is 3.76. The lowest BCUT2D eigenvalue weighted by Crippen LogP contribution is -2.16. The maximum Gasteiger partial charge on any atom is 0.169 e. The molecule has 0 aliphatic rings. The molecule has 0 saturated carbocycles. The van der Waals surface area contributed by atoms with E-state index in [4.69, 9.17) is 0 Å². The molecular formula is C14H18F2O. The van der Waals surface area contributed by atoms with Crippen molar-refractivity contribution in [3.05, 3.63) is 35.4 Å². The van der Waals surface area contributed by atoms with Crippen LogP contribution in [0.1, 0.15) is 49.9 Å². The lowest BCUT2D eigenvalue weighted by atomic mass is 9.89. The fraction of sp³-hybridized carbons (Fsp3) is 0.500. The zero-order chi connectivity index (χ0) is 12.8. The van der Waals surface area contributed by atoms with Crippen molar-refractivity contribution < 1.29 is 13.6 Å². The van der Waals surface area contributed by atoms with E-state index in [2.05, 4.69) is 0 Å². The van der Waals surface area contributed by atoms with Crippen molar-refractivity contribution in [3.63, 3.8) is 0 Å². The number of halogens is 2. The van der Waals surface area contributed by atoms with E-state index < -0.39 is 11.6 Å². The number of benzene rings is 1. The number of ketones is 1. The first-order valence-electron chi connectivity index (χ1n) is 6.10. The topological polar surface area (TPSA) is 17.1 Å². The Morgan fingerprint density at radius 2 is 1.76 bits per heavy atom. The average molecular weight is 240 g/mol. The summed E-state index contributed by atoms with van der Waals surface area (Å²) in [7, 11) is 0. The molecule has 0 unspecified atom stereocenters. The Morgan fingerprint density at radius 3 is 2.29 bits per heavy atom. The minimum Gasteiger partial charge on any atom is -0.294 e. The average Bonchev–Trinajstić information content (AvgIpc) is 2.31. The molecule has 17 heavy (non-hydrogen) atoms. The standard InChI is InChI=1S/C14H18F2O/c1-3-6-10(7-4-2)14(17)11-8-5-9-12(15)13(11)16/h5,8-10H,3-4,6-7H2,1-2H3. The molecule has 3 heteroatoms. The van der Waals surface area contributed by atoms with Gasteiger partial charge in [-0.05, 0) is 25.0 Å². The maximum absolute atomic E-state index is 13.5. The second-order valence-electron chi connectivity index (χ2n) is 4.24. The quantitative estimate of drug-likeness (QED) is 0.675. The monoisotopic (exact) mass is 240 g/mol. The van der Waals surface area contributed by atoms with Crippen molar-refractivity contribution in [2.75, 3.05) is 0 Å². The molecule has 1 aromatic rings. The van der Waals surface area contributed by atoms with Crippen LogP contribution in [0.25, 0.3) is 0 Å². The van der Waals surface area contributed by atoms with E-state index in [1.165, 1.54) is 12.1 Å². The Balaban J connectivity index is 2.96. The molecule has 0 amide bonds. The number of carbonyl (C=O) groups is 1. The van der Waals surface area contributed by atoms with E-state index in [0.29, 0.717) is 0 Å². The van der Waals surface area contributed by atoms with Gasteiger partial charge >= 0.3 is 0 Å². The Morgan fingerprint density at radius 1 is 1.18 bits per heavy atom. The van der Waals surface area contributed by atoms with Crippen molar-refractivity contribution in [1.82, 2.24) is 0 Å². The fourth-order valence-electron chi connectivity index (χ4n) is 2.02. The van der Waals surface area contributed by atoms with Crippen LogP contribution in [-0.2, 0) is 0 Å². The highest BCUT2D eigenvalue weighted by Gasteiger charge is 2.22. The second-order valence-corrected chi connectivity index (χ2v) is 4.24. The van der Waals surface area contributed by atoms with Crippen LogP contribution >= 0.6 is 0 Å². The van der Waals surface area contributed by atoms with E-state index in [1.54, 1.807) is 0 Å². The summed E-state index contributed by atoms with van der Waals surface area (Å²) in [6.45, 7) is 3.97. The van der Waals surface area contributed by atoms with Gasteiger partial charge in [-0.25, -0.2) is 8.78 Å². The molecule has 0 saturated heterocycles. The molecular weight excluding hydrogens is 222 g/mol. The zero-order valence-corrected chi connectivity index (χ0v) is 10.3. The van der Waals surface area contributed by atoms with E-state index in [0.717, 1.165) is 31.7 Å². The van der Waals surface area contributed by atoms with Crippen LogP contribution in [0.4, 0.5) is 8.78 Å². The molecule has 0 radical (unpaired) electrons. The summed E-state index contributed by atoms with van der Waals surface area (Å²) in [4.78, 5) is 12.1. The van der Waals surface area contributed by atoms with Gasteiger partial charge in [0.2, 0.25) is 0 Å². The molecule has 0 N–H and O–H groups in total. The van der Waals surface area contributed by atoms with Crippen molar-refractivity contribution in [3.8, 4) is 0 Å². The van der Waals surface area contributed by atoms with Crippen LogP contribution in [-0.4, -0.2) is 5.78 Å². The Labute approximate surface area is 101 Å². The van der Waals surface area contributed by atoms with Gasteiger partial charge in [-0.1, -0.05) is 32.8 Å². The van der Waals surface area contributed by atoms with Crippen LogP contribution in [0.3, 0.4) is 0 Å². The van der Waals surface area contributed by atoms with Gasteiger partial charge in [-0.2, -0.15) is 0 Å². The fourth-order valence-corrected chi connectivity index (χ4v) is 2.02. The van der Waals surface area contributed by atoms with E-state index in [1.807, 2.05) is 13.8 Å². The summed E-state index contributed by atoms with van der Waals surface area (Å²) in [6.07, 6.45) is 3.19. The smallest absolute Gasteiger partial charge is 0.169 e. The van der Waals surface area contributed by atoms with Gasteiger partial charge in [0.05, 0.1) is 5.56 Å². The second kappa shape index (κ2) is 6.48. The third kappa shape index (κ3) is 3.35. The SMILES string of the molecule is CCCC(CCC)C(=O)c1cccc(F)c1F. The third-order valence-corrected chi connectivity index (χ3v) is 2.86. The van der Waals surface area contributed by atoms with Gasteiger partial charge in [0.15, 0.2) is 17.4 Å². The van der Waals surface area contributed by atoms with Gasteiger partial charge < -0.3 is 0 Å². The van der Waals surface area contributed by atoms with Crippen LogP contribution in [0.15, 0.2) is 18.2 Å². The van der Waals surface area contributed by atoms with Crippen LogP contribution in [0, 0.1) is 17.6 Å². The summed E-state index contributed by atoms with van der Waals surface area (Å²) in [5.74, 6) is -2.44. The normalized spacial score (nSPS) is 10.9. The molecule has 1 nitrogen and oxygen atoms in total. The van der Waals surface area contributed by atoms with E-state index in [9.17, 15) is 13.6 Å². The van der Waals surface area contributed by atoms with Gasteiger partial charge in [0.1, 0.15) is 0 Å². The Hall–Kier alpha value is -1.25. The van der Waals surface area contributed by atoms with Gasteiger partial charge in [-0.3, -0.25) is 4.79 Å².